The summed E-state index contributed by atoms with van der Waals surface area (Å²) < 4.78 is 23.8. The molecule has 0 aromatic carbocycles. The van der Waals surface area contributed by atoms with Crippen LogP contribution in [0.5, 0.6) is 0 Å². The van der Waals surface area contributed by atoms with Crippen LogP contribution < -0.4 is 5.32 Å². The molecule has 3 rings (SSSR count). The number of ether oxygens (including phenoxy) is 4. The second-order valence-electron chi connectivity index (χ2n) is 6.34. The lowest BCUT2D eigenvalue weighted by molar-refractivity contribution is -0.462. The molecule has 0 amide bonds. The standard InChI is InChI=1S/C14H25NO4/c1-12(16-3)13(2,17-4)19-11-10(18-12)8-15-9-14(11)6-5-7-14/h10-11,15H,5-9H2,1-4H3. The van der Waals surface area contributed by atoms with E-state index in [0.29, 0.717) is 0 Å². The van der Waals surface area contributed by atoms with Crippen LogP contribution in [0.3, 0.4) is 0 Å². The van der Waals surface area contributed by atoms with E-state index < -0.39 is 11.6 Å². The minimum Gasteiger partial charge on any atom is -0.349 e. The molecule has 1 saturated carbocycles. The zero-order valence-corrected chi connectivity index (χ0v) is 12.3. The highest BCUT2D eigenvalue weighted by Crippen LogP contribution is 2.52. The zero-order valence-electron chi connectivity index (χ0n) is 12.3. The summed E-state index contributed by atoms with van der Waals surface area (Å²) in [6.07, 6.45) is 3.81. The Morgan fingerprint density at radius 2 is 1.68 bits per heavy atom. The minimum absolute atomic E-state index is 0.0298. The van der Waals surface area contributed by atoms with Crippen LogP contribution in [-0.4, -0.2) is 51.1 Å². The summed E-state index contributed by atoms with van der Waals surface area (Å²) in [6.45, 7) is 5.61. The van der Waals surface area contributed by atoms with Crippen molar-refractivity contribution in [1.82, 2.24) is 5.32 Å². The first-order valence-corrected chi connectivity index (χ1v) is 7.15. The van der Waals surface area contributed by atoms with Gasteiger partial charge in [0.15, 0.2) is 0 Å². The maximum atomic E-state index is 6.38. The first-order chi connectivity index (χ1) is 8.99. The highest BCUT2D eigenvalue weighted by Gasteiger charge is 2.62. The Bertz CT molecular complexity index is 359. The average Bonchev–Trinajstić information content (AvgIpc) is 2.37. The van der Waals surface area contributed by atoms with Gasteiger partial charge in [0.2, 0.25) is 11.6 Å². The van der Waals surface area contributed by atoms with E-state index in [4.69, 9.17) is 18.9 Å². The minimum atomic E-state index is -0.882. The van der Waals surface area contributed by atoms with Gasteiger partial charge < -0.3 is 24.3 Å². The average molecular weight is 271 g/mol. The lowest BCUT2D eigenvalue weighted by Gasteiger charge is -2.61. The molecule has 110 valence electrons. The Kier molecular flexibility index (Phi) is 3.19. The van der Waals surface area contributed by atoms with Crippen molar-refractivity contribution in [2.24, 2.45) is 5.41 Å². The highest BCUT2D eigenvalue weighted by molar-refractivity contribution is 5.07. The smallest absolute Gasteiger partial charge is 0.220 e. The van der Waals surface area contributed by atoms with E-state index in [1.54, 1.807) is 14.2 Å². The Hall–Kier alpha value is -0.200. The van der Waals surface area contributed by atoms with Gasteiger partial charge in [0.05, 0.1) is 6.10 Å². The molecular weight excluding hydrogens is 246 g/mol. The van der Waals surface area contributed by atoms with E-state index in [2.05, 4.69) is 5.32 Å². The SMILES string of the molecule is COC1(C)OC2CNCC3(CCC3)C2OC1(C)OC. The first kappa shape index (κ1) is 13.8. The maximum absolute atomic E-state index is 6.38. The van der Waals surface area contributed by atoms with Crippen molar-refractivity contribution in [2.45, 2.75) is 56.9 Å². The molecule has 3 fully saturated rings. The van der Waals surface area contributed by atoms with Crippen LogP contribution in [0.1, 0.15) is 33.1 Å². The van der Waals surface area contributed by atoms with Crippen LogP contribution >= 0.6 is 0 Å². The molecular formula is C14H25NO4. The molecule has 0 aromatic rings. The number of hydrogen-bond donors (Lipinski definition) is 1. The van der Waals surface area contributed by atoms with Gasteiger partial charge in [0.25, 0.3) is 0 Å². The van der Waals surface area contributed by atoms with Crippen molar-refractivity contribution < 1.29 is 18.9 Å². The summed E-state index contributed by atoms with van der Waals surface area (Å²) in [5.74, 6) is -1.75. The van der Waals surface area contributed by atoms with Gasteiger partial charge in [-0.2, -0.15) is 0 Å². The Morgan fingerprint density at radius 1 is 1.05 bits per heavy atom. The summed E-state index contributed by atoms with van der Waals surface area (Å²) in [5.41, 5.74) is 0.220. The van der Waals surface area contributed by atoms with Gasteiger partial charge in [0, 0.05) is 32.7 Å². The highest BCUT2D eigenvalue weighted by atomic mass is 16.8. The molecule has 1 spiro atoms. The van der Waals surface area contributed by atoms with Crippen molar-refractivity contribution >= 4 is 0 Å². The number of nitrogens with one attached hydrogen (secondary N) is 1. The van der Waals surface area contributed by atoms with E-state index in [1.807, 2.05) is 13.8 Å². The van der Waals surface area contributed by atoms with Crippen molar-refractivity contribution in [3.63, 3.8) is 0 Å². The van der Waals surface area contributed by atoms with E-state index in [0.717, 1.165) is 13.1 Å². The molecule has 2 heterocycles. The first-order valence-electron chi connectivity index (χ1n) is 7.15. The number of fused-ring (bicyclic) bond motifs is 2. The van der Waals surface area contributed by atoms with Crippen molar-refractivity contribution in [1.29, 1.82) is 0 Å². The summed E-state index contributed by atoms with van der Waals surface area (Å²) in [7, 11) is 3.28. The van der Waals surface area contributed by atoms with Crippen molar-refractivity contribution in [2.75, 3.05) is 27.3 Å². The predicted octanol–water partition coefficient (Wildman–Crippen LogP) is 1.27. The van der Waals surface area contributed by atoms with Crippen LogP contribution in [-0.2, 0) is 18.9 Å². The molecule has 0 bridgehead atoms. The van der Waals surface area contributed by atoms with Gasteiger partial charge in [0.1, 0.15) is 6.10 Å². The third-order valence-electron chi connectivity index (χ3n) is 5.45. The Morgan fingerprint density at radius 3 is 2.21 bits per heavy atom. The van der Waals surface area contributed by atoms with Gasteiger partial charge >= 0.3 is 0 Å². The maximum Gasteiger partial charge on any atom is 0.220 e. The Balaban J connectivity index is 1.89. The Labute approximate surface area is 114 Å². The van der Waals surface area contributed by atoms with Crippen LogP contribution in [0.15, 0.2) is 0 Å². The predicted molar refractivity (Wildman–Crippen MR) is 69.7 cm³/mol. The number of hydrogen-bond acceptors (Lipinski definition) is 5. The van der Waals surface area contributed by atoms with E-state index in [9.17, 15) is 0 Å². The fraction of sp³-hybridized carbons (Fsp3) is 1.00. The largest absolute Gasteiger partial charge is 0.349 e. The summed E-state index contributed by atoms with van der Waals surface area (Å²) in [5, 5.41) is 3.48. The summed E-state index contributed by atoms with van der Waals surface area (Å²) in [4.78, 5) is 0. The quantitative estimate of drug-likeness (QED) is 0.819. The van der Waals surface area contributed by atoms with E-state index in [-0.39, 0.29) is 17.6 Å². The van der Waals surface area contributed by atoms with Crippen molar-refractivity contribution in [3.8, 4) is 0 Å². The molecule has 5 heteroatoms. The fourth-order valence-electron chi connectivity index (χ4n) is 3.67. The van der Waals surface area contributed by atoms with Gasteiger partial charge in [-0.1, -0.05) is 6.42 Å². The number of rotatable bonds is 2. The van der Waals surface area contributed by atoms with Crippen LogP contribution in [0.4, 0.5) is 0 Å². The lowest BCUT2D eigenvalue weighted by Crippen LogP contribution is -2.73. The summed E-state index contributed by atoms with van der Waals surface area (Å²) in [6, 6.07) is 0. The second kappa shape index (κ2) is 4.40. The summed E-state index contributed by atoms with van der Waals surface area (Å²) >= 11 is 0. The van der Waals surface area contributed by atoms with Crippen LogP contribution in [0, 0.1) is 5.41 Å². The second-order valence-corrected chi connectivity index (χ2v) is 6.34. The van der Waals surface area contributed by atoms with Gasteiger partial charge in [-0.3, -0.25) is 0 Å². The van der Waals surface area contributed by atoms with Gasteiger partial charge in [-0.15, -0.1) is 0 Å². The topological polar surface area (TPSA) is 49.0 Å². The molecule has 5 nitrogen and oxygen atoms in total. The molecule has 0 radical (unpaired) electrons. The molecule has 2 saturated heterocycles. The molecule has 2 aliphatic heterocycles. The molecule has 4 atom stereocenters. The number of piperidine rings is 1. The molecule has 0 aromatic heterocycles. The van der Waals surface area contributed by atoms with Gasteiger partial charge in [-0.05, 0) is 26.7 Å². The van der Waals surface area contributed by atoms with Gasteiger partial charge in [-0.25, -0.2) is 0 Å². The monoisotopic (exact) mass is 271 g/mol. The fourth-order valence-corrected chi connectivity index (χ4v) is 3.67. The third-order valence-corrected chi connectivity index (χ3v) is 5.45. The van der Waals surface area contributed by atoms with Crippen LogP contribution in [0.2, 0.25) is 0 Å². The number of methoxy groups -OCH3 is 2. The third kappa shape index (κ3) is 1.79. The van der Waals surface area contributed by atoms with Crippen LogP contribution in [0.25, 0.3) is 0 Å². The lowest BCUT2D eigenvalue weighted by atomic mass is 9.62. The van der Waals surface area contributed by atoms with E-state index >= 15 is 0 Å². The molecule has 4 unspecified atom stereocenters. The van der Waals surface area contributed by atoms with Crippen molar-refractivity contribution in [3.05, 3.63) is 0 Å². The molecule has 3 aliphatic rings. The molecule has 1 N–H and O–H groups in total. The normalized spacial score (nSPS) is 48.6. The zero-order chi connectivity index (χ0) is 13.7. The van der Waals surface area contributed by atoms with E-state index in [1.165, 1.54) is 19.3 Å². The molecule has 19 heavy (non-hydrogen) atoms. The molecule has 1 aliphatic carbocycles.